The third-order valence-corrected chi connectivity index (χ3v) is 7.43. The van der Waals surface area contributed by atoms with Gasteiger partial charge in [-0.15, -0.1) is 10.2 Å². The van der Waals surface area contributed by atoms with Crippen LogP contribution in [0.4, 0.5) is 0 Å². The smallest absolute Gasteiger partial charge is 0.213 e. The molecule has 11 heterocycles. The lowest BCUT2D eigenvalue weighted by Gasteiger charge is -2.01. The lowest BCUT2D eigenvalue weighted by molar-refractivity contribution is 0.416. The number of furan rings is 1. The summed E-state index contributed by atoms with van der Waals surface area (Å²) >= 11 is 0. The molecule has 3 aliphatic rings. The molecule has 0 atom stereocenters. The van der Waals surface area contributed by atoms with Crippen LogP contribution in [-0.4, -0.2) is 81.9 Å². The number of nitrogens with zero attached hydrogens (tertiary/aromatic N) is 8. The number of oxazole rings is 1. The summed E-state index contributed by atoms with van der Waals surface area (Å²) in [7, 11) is 0. The van der Waals surface area contributed by atoms with E-state index in [1.54, 1.807) is 43.5 Å². The third kappa shape index (κ3) is 30.2. The Kier molecular flexibility index (Phi) is 31.3. The molecule has 0 saturated carbocycles. The Morgan fingerprint density at radius 3 is 1.67 bits per heavy atom. The Balaban J connectivity index is 0.000000194. The van der Waals surface area contributed by atoms with Gasteiger partial charge in [0.1, 0.15) is 6.26 Å². The predicted molar refractivity (Wildman–Crippen MR) is 256 cm³/mol. The van der Waals surface area contributed by atoms with Gasteiger partial charge in [0.05, 0.1) is 30.4 Å². The molecule has 0 spiro atoms. The van der Waals surface area contributed by atoms with E-state index in [4.69, 9.17) is 0 Å². The van der Waals surface area contributed by atoms with Gasteiger partial charge in [-0.1, -0.05) is 78.0 Å². The molecule has 13 rings (SSSR count). The Hall–Kier alpha value is -8.90. The average Bonchev–Trinajstić information content (AvgIpc) is 4.28. The van der Waals surface area contributed by atoms with Gasteiger partial charge in [-0.3, -0.25) is 15.2 Å². The van der Waals surface area contributed by atoms with E-state index in [-0.39, 0.29) is 0 Å². The second kappa shape index (κ2) is 40.2. The first-order valence-corrected chi connectivity index (χ1v) is 20.6. The van der Waals surface area contributed by atoms with Gasteiger partial charge in [0.25, 0.3) is 0 Å². The number of nitrogens with one attached hydrogen (secondary N) is 6. The number of rotatable bonds is 0. The normalized spacial score (nSPS) is 11.5. The highest BCUT2D eigenvalue weighted by Crippen LogP contribution is 2.09. The summed E-state index contributed by atoms with van der Waals surface area (Å²) in [6, 6.07) is 29.5. The van der Waals surface area contributed by atoms with Crippen LogP contribution in [0.5, 0.6) is 0 Å². The summed E-state index contributed by atoms with van der Waals surface area (Å²) in [5, 5.41) is 34.5. The summed E-state index contributed by atoms with van der Waals surface area (Å²) in [4.78, 5) is 13.9. The molecule has 0 amide bonds. The molecular formula is C48H56N14O4. The summed E-state index contributed by atoms with van der Waals surface area (Å²) in [5.41, 5.74) is 2.30. The molecule has 0 radical (unpaired) electrons. The summed E-state index contributed by atoms with van der Waals surface area (Å²) in [6.45, 7) is 4.35. The maximum atomic E-state index is 4.58. The molecule has 2 aromatic carbocycles. The Labute approximate surface area is 383 Å². The van der Waals surface area contributed by atoms with Crippen molar-refractivity contribution in [2.24, 2.45) is 0 Å². The number of aromatic nitrogens is 11. The van der Waals surface area contributed by atoms with Crippen LogP contribution in [0, 0.1) is 0 Å². The molecule has 8 aromatic heterocycles. The second-order valence-corrected chi connectivity index (χ2v) is 12.2. The van der Waals surface area contributed by atoms with Crippen molar-refractivity contribution in [2.45, 2.75) is 12.8 Å². The number of para-hydroxylation sites is 2. The molecule has 0 fully saturated rings. The third-order valence-electron chi connectivity index (χ3n) is 7.43. The number of allylic oxidation sites excluding steroid dienone is 2. The molecule has 342 valence electrons. The SMILES string of the molecule is C1=CCNC=C1.C1=CCNCC1.C1=CNCC1.c1ccc2[nH]ccc2c1.c1ccc2[nH]ncc2c1.c1ccncc1.c1ccoc1.c1cn[nH]c1.c1cocn1.c1ncon1.c1nnco1. The van der Waals surface area contributed by atoms with E-state index in [9.17, 15) is 0 Å². The number of dihydropyridines is 1. The highest BCUT2D eigenvalue weighted by molar-refractivity contribution is 5.79. The van der Waals surface area contributed by atoms with Crippen LogP contribution in [0.3, 0.4) is 0 Å². The van der Waals surface area contributed by atoms with Crippen LogP contribution in [0.1, 0.15) is 12.8 Å². The van der Waals surface area contributed by atoms with Gasteiger partial charge in [-0.2, -0.15) is 10.2 Å². The van der Waals surface area contributed by atoms with Crippen molar-refractivity contribution < 1.29 is 17.8 Å². The summed E-state index contributed by atoms with van der Waals surface area (Å²) in [5.74, 6) is 0. The first kappa shape index (κ1) is 51.5. The first-order valence-electron chi connectivity index (χ1n) is 20.6. The van der Waals surface area contributed by atoms with Crippen LogP contribution in [0.25, 0.3) is 21.8 Å². The number of benzene rings is 2. The highest BCUT2D eigenvalue weighted by atomic mass is 16.5. The van der Waals surface area contributed by atoms with Gasteiger partial charge < -0.3 is 38.7 Å². The highest BCUT2D eigenvalue weighted by Gasteiger charge is 1.89. The molecular weight excluding hydrogens is 837 g/mol. The fourth-order valence-electron chi connectivity index (χ4n) is 4.48. The van der Waals surface area contributed by atoms with E-state index in [2.05, 4.69) is 132 Å². The number of H-pyrrole nitrogens is 3. The molecule has 0 unspecified atom stereocenters. The molecule has 66 heavy (non-hydrogen) atoms. The summed E-state index contributed by atoms with van der Waals surface area (Å²) < 4.78 is 17.6. The van der Waals surface area contributed by atoms with Gasteiger partial charge in [-0.05, 0) is 91.8 Å². The van der Waals surface area contributed by atoms with E-state index < -0.39 is 0 Å². The second-order valence-electron chi connectivity index (χ2n) is 12.2. The number of hydrogen-bond acceptors (Lipinski definition) is 15. The van der Waals surface area contributed by atoms with Crippen LogP contribution in [0.2, 0.25) is 0 Å². The monoisotopic (exact) mass is 892 g/mol. The van der Waals surface area contributed by atoms with Gasteiger partial charge in [0.2, 0.25) is 19.2 Å². The molecule has 6 N–H and O–H groups in total. The number of fused-ring (bicyclic) bond motifs is 2. The van der Waals surface area contributed by atoms with Crippen molar-refractivity contribution in [1.29, 1.82) is 0 Å². The van der Waals surface area contributed by atoms with Crippen molar-refractivity contribution in [3.05, 3.63) is 234 Å². The van der Waals surface area contributed by atoms with Gasteiger partial charge in [0.15, 0.2) is 12.7 Å². The van der Waals surface area contributed by atoms with E-state index >= 15 is 0 Å². The molecule has 0 bridgehead atoms. The summed E-state index contributed by atoms with van der Waals surface area (Å²) in [6.07, 6.45) is 42.5. The topological polar surface area (TPSA) is 239 Å². The minimum atomic E-state index is 0.983. The molecule has 18 nitrogen and oxygen atoms in total. The lowest BCUT2D eigenvalue weighted by atomic mass is 10.3. The van der Waals surface area contributed by atoms with Crippen LogP contribution in [-0.2, 0) is 0 Å². The van der Waals surface area contributed by atoms with Crippen molar-refractivity contribution >= 4 is 21.8 Å². The quantitative estimate of drug-likeness (QED) is 0.0779. The first-order chi connectivity index (χ1) is 32.9. The fraction of sp³-hybridized carbons (Fsp3) is 0.125. The molecule has 0 aliphatic carbocycles. The minimum absolute atomic E-state index is 0.983. The Bertz CT molecular complexity index is 2070. The van der Waals surface area contributed by atoms with Crippen molar-refractivity contribution in [3.63, 3.8) is 0 Å². The Morgan fingerprint density at radius 2 is 1.32 bits per heavy atom. The van der Waals surface area contributed by atoms with E-state index in [1.165, 1.54) is 61.9 Å². The van der Waals surface area contributed by atoms with Gasteiger partial charge in [-0.25, -0.2) is 9.97 Å². The van der Waals surface area contributed by atoms with Gasteiger partial charge >= 0.3 is 0 Å². The zero-order valence-corrected chi connectivity index (χ0v) is 36.4. The fourth-order valence-corrected chi connectivity index (χ4v) is 4.48. The van der Waals surface area contributed by atoms with E-state index in [0.29, 0.717) is 0 Å². The Morgan fingerprint density at radius 1 is 0.500 bits per heavy atom. The number of hydrogen-bond donors (Lipinski definition) is 6. The van der Waals surface area contributed by atoms with Crippen molar-refractivity contribution in [2.75, 3.05) is 26.2 Å². The molecule has 3 aliphatic heterocycles. The molecule has 18 heteroatoms. The van der Waals surface area contributed by atoms with Gasteiger partial charge in [0, 0.05) is 61.5 Å². The predicted octanol–water partition coefficient (Wildman–Crippen LogP) is 9.00. The minimum Gasteiger partial charge on any atom is -0.473 e. The lowest BCUT2D eigenvalue weighted by Crippen LogP contribution is -2.17. The average molecular weight is 893 g/mol. The zero-order valence-electron chi connectivity index (χ0n) is 36.4. The van der Waals surface area contributed by atoms with Crippen LogP contribution < -0.4 is 16.0 Å². The standard InChI is InChI=1S/C8H7N.C7H6N2.C5H9N.C5H7N.C5H5N.C4H7N.C4H4O.C3H4N2.C3H3NO.2C2H2N2O/c1-2-4-8-7(3-1)5-6-9-8;1-2-4-7-6(3-1)5-8-9-7;3*1-2-4-6-5-3-1;3*1-2-4-5-3-1;1-2-5-3-4-1;1-3-4-2-5-1;1-3-2-5-4-1/h1-6,9H;1-5H,(H,8,9);1-2,6H,3-5H2;1-4,6H,5H2;1-5H;1,3,5H,2,4H2;1-4H;1-3H,(H,4,5);1-3H;2*1-2H. The maximum Gasteiger partial charge on any atom is 0.213 e. The van der Waals surface area contributed by atoms with E-state index in [0.717, 1.165) is 37.1 Å². The van der Waals surface area contributed by atoms with Crippen LogP contribution >= 0.6 is 0 Å². The van der Waals surface area contributed by atoms with Crippen LogP contribution in [0.15, 0.2) is 252 Å². The zero-order chi connectivity index (χ0) is 46.2. The number of aromatic amines is 3. The van der Waals surface area contributed by atoms with Crippen molar-refractivity contribution in [1.82, 2.24) is 71.6 Å². The maximum absolute atomic E-state index is 4.58. The molecule has 0 saturated heterocycles. The largest absolute Gasteiger partial charge is 0.473 e. The molecule has 10 aromatic rings. The number of pyridine rings is 1. The van der Waals surface area contributed by atoms with Crippen molar-refractivity contribution in [3.8, 4) is 0 Å². The van der Waals surface area contributed by atoms with E-state index in [1.807, 2.05) is 110 Å².